The van der Waals surface area contributed by atoms with Gasteiger partial charge in [0.2, 0.25) is 0 Å². The van der Waals surface area contributed by atoms with Gasteiger partial charge in [0.05, 0.1) is 11.1 Å². The van der Waals surface area contributed by atoms with Gasteiger partial charge in [-0.3, -0.25) is 9.59 Å². The van der Waals surface area contributed by atoms with Crippen LogP contribution in [0.15, 0.2) is 27.8 Å². The maximum atomic E-state index is 12.5. The predicted molar refractivity (Wildman–Crippen MR) is 56.2 cm³/mol. The number of benzene rings is 1. The van der Waals surface area contributed by atoms with Gasteiger partial charge in [0.15, 0.2) is 5.03 Å². The molecule has 100 valence electrons. The number of nitrogens with one attached hydrogen (secondary N) is 1. The number of rotatable bonds is 1. The van der Waals surface area contributed by atoms with E-state index < -0.39 is 33.4 Å². The van der Waals surface area contributed by atoms with Crippen molar-refractivity contribution in [3.05, 3.63) is 54.6 Å². The van der Waals surface area contributed by atoms with Crippen LogP contribution in [0, 0.1) is 10.1 Å². The lowest BCUT2D eigenvalue weighted by Crippen LogP contribution is -2.39. The third-order valence-corrected chi connectivity index (χ3v) is 2.35. The molecule has 2 aromatic rings. The number of aromatic nitrogens is 2. The van der Waals surface area contributed by atoms with Gasteiger partial charge in [0, 0.05) is 0 Å². The monoisotopic (exact) mass is 275 g/mol. The highest BCUT2D eigenvalue weighted by atomic mass is 19.4. The third kappa shape index (κ3) is 2.07. The highest BCUT2D eigenvalue weighted by molar-refractivity contribution is 5.75. The molecule has 0 saturated heterocycles. The molecule has 1 N–H and O–H groups in total. The van der Waals surface area contributed by atoms with E-state index in [-0.39, 0.29) is 10.2 Å². The fraction of sp³-hybridized carbons (Fsp3) is 0.111. The van der Waals surface area contributed by atoms with Gasteiger partial charge in [0.25, 0.3) is 0 Å². The lowest BCUT2D eigenvalue weighted by Gasteiger charge is -2.07. The van der Waals surface area contributed by atoms with E-state index in [1.165, 1.54) is 0 Å². The van der Waals surface area contributed by atoms with Gasteiger partial charge in [-0.25, -0.2) is 10.1 Å². The highest BCUT2D eigenvalue weighted by Gasteiger charge is 2.31. The Hall–Kier alpha value is -2.65. The van der Waals surface area contributed by atoms with Gasteiger partial charge in [0.1, 0.15) is 5.52 Å². The molecule has 0 unspecified atom stereocenters. The summed E-state index contributed by atoms with van der Waals surface area (Å²) in [6.07, 6.45) is -4.72. The minimum atomic E-state index is -4.72. The van der Waals surface area contributed by atoms with Gasteiger partial charge in [-0.1, -0.05) is 0 Å². The second kappa shape index (κ2) is 3.93. The third-order valence-electron chi connectivity index (χ3n) is 2.35. The molecule has 0 bridgehead atoms. The first kappa shape index (κ1) is 12.8. The van der Waals surface area contributed by atoms with E-state index in [0.29, 0.717) is 12.1 Å². The van der Waals surface area contributed by atoms with Crippen LogP contribution < -0.4 is 11.1 Å². The van der Waals surface area contributed by atoms with Crippen LogP contribution in [0.2, 0.25) is 0 Å². The van der Waals surface area contributed by atoms with Crippen LogP contribution >= 0.6 is 0 Å². The number of aromatic amines is 1. The fourth-order valence-corrected chi connectivity index (χ4v) is 1.53. The van der Waals surface area contributed by atoms with E-state index in [9.17, 15) is 32.9 Å². The Morgan fingerprint density at radius 3 is 2.42 bits per heavy atom. The van der Waals surface area contributed by atoms with Gasteiger partial charge in [-0.2, -0.15) is 13.2 Å². The molecule has 0 radical (unpaired) electrons. The standard InChI is InChI=1S/C9H4F3N3O4/c10-9(11,12)4-1-2-5-6(3-4)14(15(18)19)8(17)7(16)13-5/h1-3H,(H,13,16). The van der Waals surface area contributed by atoms with Crippen LogP contribution in [0.5, 0.6) is 0 Å². The molecule has 0 atom stereocenters. The van der Waals surface area contributed by atoms with E-state index in [1.807, 2.05) is 4.98 Å². The molecule has 2 rings (SSSR count). The SMILES string of the molecule is O=c1[nH]c2ccc(C(F)(F)F)cc2n([N+](=O)[O-])c1=O. The van der Waals surface area contributed by atoms with Crippen molar-refractivity contribution < 1.29 is 18.2 Å². The Morgan fingerprint density at radius 1 is 1.26 bits per heavy atom. The molecule has 19 heavy (non-hydrogen) atoms. The maximum absolute atomic E-state index is 12.5. The molecular weight excluding hydrogens is 271 g/mol. The Balaban J connectivity index is 2.96. The smallest absolute Gasteiger partial charge is 0.315 e. The Bertz CT molecular complexity index is 790. The summed E-state index contributed by atoms with van der Waals surface area (Å²) in [7, 11) is 0. The summed E-state index contributed by atoms with van der Waals surface area (Å²) in [5.74, 6) is 0. The van der Waals surface area contributed by atoms with Crippen molar-refractivity contribution in [2.75, 3.05) is 0 Å². The minimum Gasteiger partial charge on any atom is -0.315 e. The molecule has 0 amide bonds. The number of hydrogen-bond acceptors (Lipinski definition) is 4. The van der Waals surface area contributed by atoms with Crippen LogP contribution in [0.3, 0.4) is 0 Å². The van der Waals surface area contributed by atoms with E-state index in [2.05, 4.69) is 0 Å². The normalized spacial score (nSPS) is 11.7. The first-order chi connectivity index (χ1) is 8.71. The quantitative estimate of drug-likeness (QED) is 0.471. The number of halogens is 3. The molecule has 1 aromatic carbocycles. The van der Waals surface area contributed by atoms with Crippen molar-refractivity contribution in [3.63, 3.8) is 0 Å². The van der Waals surface area contributed by atoms with Crippen molar-refractivity contribution in [2.45, 2.75) is 6.18 Å². The molecule has 10 heteroatoms. The second-order valence-corrected chi connectivity index (χ2v) is 3.54. The Morgan fingerprint density at radius 2 is 1.89 bits per heavy atom. The lowest BCUT2D eigenvalue weighted by molar-refractivity contribution is -0.540. The van der Waals surface area contributed by atoms with Crippen LogP contribution in [-0.2, 0) is 6.18 Å². The van der Waals surface area contributed by atoms with E-state index in [4.69, 9.17) is 0 Å². The number of fused-ring (bicyclic) bond motifs is 1. The zero-order chi connectivity index (χ0) is 14.4. The molecule has 7 nitrogen and oxygen atoms in total. The molecule has 0 fully saturated rings. The summed E-state index contributed by atoms with van der Waals surface area (Å²) in [6.45, 7) is 0. The highest BCUT2D eigenvalue weighted by Crippen LogP contribution is 2.30. The molecule has 0 aliphatic rings. The van der Waals surface area contributed by atoms with Crippen molar-refractivity contribution in [3.8, 4) is 0 Å². The predicted octanol–water partition coefficient (Wildman–Crippen LogP) is 0.748. The molecular formula is C9H4F3N3O4. The average Bonchev–Trinajstić information content (AvgIpc) is 2.28. The van der Waals surface area contributed by atoms with Crippen LogP contribution in [0.1, 0.15) is 5.56 Å². The number of nitro groups is 1. The van der Waals surface area contributed by atoms with Crippen molar-refractivity contribution >= 4 is 11.0 Å². The average molecular weight is 275 g/mol. The largest absolute Gasteiger partial charge is 0.416 e. The van der Waals surface area contributed by atoms with E-state index >= 15 is 0 Å². The van der Waals surface area contributed by atoms with Crippen molar-refractivity contribution in [1.29, 1.82) is 0 Å². The number of alkyl halides is 3. The Labute approximate surface area is 101 Å². The molecule has 0 aliphatic carbocycles. The van der Waals surface area contributed by atoms with Crippen LogP contribution in [0.25, 0.3) is 11.0 Å². The summed E-state index contributed by atoms with van der Waals surface area (Å²) in [6, 6.07) is 1.92. The van der Waals surface area contributed by atoms with Gasteiger partial charge >= 0.3 is 17.3 Å². The first-order valence-electron chi connectivity index (χ1n) is 4.73. The maximum Gasteiger partial charge on any atom is 0.416 e. The fourth-order valence-electron chi connectivity index (χ4n) is 1.53. The first-order valence-corrected chi connectivity index (χ1v) is 4.73. The lowest BCUT2D eigenvalue weighted by atomic mass is 10.2. The van der Waals surface area contributed by atoms with Crippen LogP contribution in [-0.4, -0.2) is 14.7 Å². The molecule has 0 aliphatic heterocycles. The molecule has 0 spiro atoms. The molecule has 1 aromatic heterocycles. The van der Waals surface area contributed by atoms with Gasteiger partial charge < -0.3 is 4.98 Å². The van der Waals surface area contributed by atoms with Crippen molar-refractivity contribution in [1.82, 2.24) is 9.66 Å². The molecule has 1 heterocycles. The van der Waals surface area contributed by atoms with Crippen molar-refractivity contribution in [2.24, 2.45) is 0 Å². The molecule has 0 saturated carbocycles. The summed E-state index contributed by atoms with van der Waals surface area (Å²) in [5.41, 5.74) is -4.89. The van der Waals surface area contributed by atoms with Gasteiger partial charge in [-0.05, 0) is 22.9 Å². The number of hydrogen-bond donors (Lipinski definition) is 1. The minimum absolute atomic E-state index is 0.219. The van der Waals surface area contributed by atoms with Crippen LogP contribution in [0.4, 0.5) is 13.2 Å². The van der Waals surface area contributed by atoms with E-state index in [1.54, 1.807) is 0 Å². The van der Waals surface area contributed by atoms with E-state index in [0.717, 1.165) is 6.07 Å². The number of nitrogens with zero attached hydrogens (tertiary/aromatic N) is 2. The summed E-state index contributed by atoms with van der Waals surface area (Å²) < 4.78 is 37.3. The zero-order valence-electron chi connectivity index (χ0n) is 8.89. The topological polar surface area (TPSA) is 98.0 Å². The summed E-state index contributed by atoms with van der Waals surface area (Å²) >= 11 is 0. The summed E-state index contributed by atoms with van der Waals surface area (Å²) in [5, 5.41) is 9.43. The second-order valence-electron chi connectivity index (χ2n) is 3.54. The summed E-state index contributed by atoms with van der Waals surface area (Å²) in [4.78, 5) is 35.1. The zero-order valence-corrected chi connectivity index (χ0v) is 8.89. The Kier molecular flexibility index (Phi) is 2.65. The van der Waals surface area contributed by atoms with Gasteiger partial charge in [-0.15, -0.1) is 0 Å². The number of H-pyrrole nitrogens is 1.